The number of piperidine rings is 1. The fourth-order valence-electron chi connectivity index (χ4n) is 2.84. The molecule has 0 aromatic carbocycles. The van der Waals surface area contributed by atoms with E-state index in [1.807, 2.05) is 0 Å². The van der Waals surface area contributed by atoms with Crippen molar-refractivity contribution in [3.8, 4) is 0 Å². The van der Waals surface area contributed by atoms with Crippen LogP contribution in [0.25, 0.3) is 0 Å². The first-order valence-corrected chi connectivity index (χ1v) is 6.16. The molecule has 1 saturated carbocycles. The average Bonchev–Trinajstić information content (AvgIpc) is 2.10. The molecule has 0 spiro atoms. The summed E-state index contributed by atoms with van der Waals surface area (Å²) in [7, 11) is 0. The van der Waals surface area contributed by atoms with Crippen molar-refractivity contribution >= 4 is 0 Å². The van der Waals surface area contributed by atoms with Crippen molar-refractivity contribution in [1.29, 1.82) is 0 Å². The standard InChI is InChI=1S/C12H24N2/c1-8-6-11(7-8)14-12-4-5-13-10(3)9(12)2/h8-14H,4-7H2,1-3H3. The molecule has 2 nitrogen and oxygen atoms in total. The van der Waals surface area contributed by atoms with E-state index in [4.69, 9.17) is 0 Å². The van der Waals surface area contributed by atoms with Gasteiger partial charge in [-0.3, -0.25) is 0 Å². The fraction of sp³-hybridized carbons (Fsp3) is 1.00. The summed E-state index contributed by atoms with van der Waals surface area (Å²) in [5.41, 5.74) is 0. The van der Waals surface area contributed by atoms with Crippen molar-refractivity contribution in [2.75, 3.05) is 6.54 Å². The van der Waals surface area contributed by atoms with Gasteiger partial charge in [0.25, 0.3) is 0 Å². The Balaban J connectivity index is 1.79. The second-order valence-electron chi connectivity index (χ2n) is 5.44. The zero-order valence-corrected chi connectivity index (χ0v) is 9.72. The maximum Gasteiger partial charge on any atom is 0.0122 e. The molecule has 1 saturated heterocycles. The number of nitrogens with one attached hydrogen (secondary N) is 2. The summed E-state index contributed by atoms with van der Waals surface area (Å²) < 4.78 is 0. The first-order valence-electron chi connectivity index (χ1n) is 6.16. The van der Waals surface area contributed by atoms with Crippen LogP contribution in [-0.2, 0) is 0 Å². The van der Waals surface area contributed by atoms with E-state index < -0.39 is 0 Å². The molecule has 0 amide bonds. The molecule has 2 N–H and O–H groups in total. The molecule has 2 aliphatic rings. The highest BCUT2D eigenvalue weighted by Crippen LogP contribution is 2.28. The van der Waals surface area contributed by atoms with Gasteiger partial charge >= 0.3 is 0 Å². The molecular formula is C12H24N2. The molecule has 0 aromatic rings. The third-order valence-corrected chi connectivity index (χ3v) is 4.17. The molecular weight excluding hydrogens is 172 g/mol. The lowest BCUT2D eigenvalue weighted by molar-refractivity contribution is 0.164. The van der Waals surface area contributed by atoms with Gasteiger partial charge in [-0.1, -0.05) is 13.8 Å². The van der Waals surface area contributed by atoms with Crippen LogP contribution in [0.2, 0.25) is 0 Å². The van der Waals surface area contributed by atoms with Gasteiger partial charge < -0.3 is 10.6 Å². The van der Waals surface area contributed by atoms with E-state index in [1.54, 1.807) is 0 Å². The average molecular weight is 196 g/mol. The lowest BCUT2D eigenvalue weighted by Crippen LogP contribution is -2.55. The van der Waals surface area contributed by atoms with Crippen LogP contribution in [0.5, 0.6) is 0 Å². The van der Waals surface area contributed by atoms with Crippen LogP contribution in [-0.4, -0.2) is 24.7 Å². The van der Waals surface area contributed by atoms with Gasteiger partial charge in [0.05, 0.1) is 0 Å². The smallest absolute Gasteiger partial charge is 0.0122 e. The zero-order valence-electron chi connectivity index (χ0n) is 9.72. The van der Waals surface area contributed by atoms with Gasteiger partial charge in [-0.15, -0.1) is 0 Å². The topological polar surface area (TPSA) is 24.1 Å². The van der Waals surface area contributed by atoms with E-state index in [0.717, 1.165) is 23.9 Å². The monoisotopic (exact) mass is 196 g/mol. The van der Waals surface area contributed by atoms with Crippen LogP contribution in [0, 0.1) is 11.8 Å². The van der Waals surface area contributed by atoms with Gasteiger partial charge in [-0.05, 0) is 44.6 Å². The first kappa shape index (κ1) is 10.4. The Morgan fingerprint density at radius 3 is 2.50 bits per heavy atom. The highest BCUT2D eigenvalue weighted by Gasteiger charge is 2.32. The summed E-state index contributed by atoms with van der Waals surface area (Å²) in [6, 6.07) is 2.25. The summed E-state index contributed by atoms with van der Waals surface area (Å²) in [5, 5.41) is 7.37. The van der Waals surface area contributed by atoms with Crippen molar-refractivity contribution in [1.82, 2.24) is 10.6 Å². The van der Waals surface area contributed by atoms with Crippen LogP contribution in [0.15, 0.2) is 0 Å². The second-order valence-corrected chi connectivity index (χ2v) is 5.44. The molecule has 0 radical (unpaired) electrons. The molecule has 3 atom stereocenters. The van der Waals surface area contributed by atoms with Gasteiger partial charge in [0.1, 0.15) is 0 Å². The summed E-state index contributed by atoms with van der Waals surface area (Å²) in [6.45, 7) is 8.22. The van der Waals surface area contributed by atoms with E-state index in [-0.39, 0.29) is 0 Å². The van der Waals surface area contributed by atoms with Gasteiger partial charge in [-0.25, -0.2) is 0 Å². The minimum atomic E-state index is 0.679. The number of rotatable bonds is 2. The molecule has 0 aromatic heterocycles. The highest BCUT2D eigenvalue weighted by molar-refractivity contribution is 4.91. The maximum absolute atomic E-state index is 3.83. The molecule has 0 bridgehead atoms. The Bertz CT molecular complexity index is 187. The number of hydrogen-bond acceptors (Lipinski definition) is 2. The molecule has 2 fully saturated rings. The second kappa shape index (κ2) is 4.19. The van der Waals surface area contributed by atoms with Crippen molar-refractivity contribution < 1.29 is 0 Å². The van der Waals surface area contributed by atoms with E-state index in [2.05, 4.69) is 31.4 Å². The zero-order chi connectivity index (χ0) is 10.1. The van der Waals surface area contributed by atoms with Crippen molar-refractivity contribution in [2.24, 2.45) is 11.8 Å². The first-order chi connectivity index (χ1) is 6.66. The Morgan fingerprint density at radius 1 is 1.14 bits per heavy atom. The lowest BCUT2D eigenvalue weighted by atomic mass is 9.79. The summed E-state index contributed by atoms with van der Waals surface area (Å²) in [6.07, 6.45) is 4.09. The van der Waals surface area contributed by atoms with Crippen molar-refractivity contribution in [2.45, 2.75) is 58.2 Å². The largest absolute Gasteiger partial charge is 0.314 e. The molecule has 1 heterocycles. The predicted octanol–water partition coefficient (Wildman–Crippen LogP) is 1.76. The van der Waals surface area contributed by atoms with E-state index >= 15 is 0 Å². The molecule has 2 heteroatoms. The van der Waals surface area contributed by atoms with Crippen LogP contribution in [0.1, 0.15) is 40.0 Å². The molecule has 3 unspecified atom stereocenters. The van der Waals surface area contributed by atoms with Gasteiger partial charge in [-0.2, -0.15) is 0 Å². The third kappa shape index (κ3) is 2.12. The van der Waals surface area contributed by atoms with Crippen molar-refractivity contribution in [3.05, 3.63) is 0 Å². The molecule has 82 valence electrons. The Labute approximate surface area is 87.8 Å². The minimum Gasteiger partial charge on any atom is -0.314 e. The summed E-state index contributed by atoms with van der Waals surface area (Å²) in [4.78, 5) is 0. The molecule has 2 rings (SSSR count). The lowest BCUT2D eigenvalue weighted by Gasteiger charge is -2.42. The molecule has 14 heavy (non-hydrogen) atoms. The van der Waals surface area contributed by atoms with Crippen LogP contribution in [0.3, 0.4) is 0 Å². The fourth-order valence-corrected chi connectivity index (χ4v) is 2.84. The van der Waals surface area contributed by atoms with Gasteiger partial charge in [0.15, 0.2) is 0 Å². The van der Waals surface area contributed by atoms with Crippen LogP contribution < -0.4 is 10.6 Å². The van der Waals surface area contributed by atoms with Crippen molar-refractivity contribution in [3.63, 3.8) is 0 Å². The maximum atomic E-state index is 3.83. The summed E-state index contributed by atoms with van der Waals surface area (Å²) >= 11 is 0. The van der Waals surface area contributed by atoms with Crippen LogP contribution >= 0.6 is 0 Å². The predicted molar refractivity (Wildman–Crippen MR) is 60.4 cm³/mol. The van der Waals surface area contributed by atoms with Gasteiger partial charge in [0, 0.05) is 18.1 Å². The highest BCUT2D eigenvalue weighted by atomic mass is 15.0. The third-order valence-electron chi connectivity index (χ3n) is 4.17. The Morgan fingerprint density at radius 2 is 1.86 bits per heavy atom. The normalized spacial score (nSPS) is 48.6. The quantitative estimate of drug-likeness (QED) is 0.703. The van der Waals surface area contributed by atoms with Crippen LogP contribution in [0.4, 0.5) is 0 Å². The number of hydrogen-bond donors (Lipinski definition) is 2. The van der Waals surface area contributed by atoms with Gasteiger partial charge in [0.2, 0.25) is 0 Å². The minimum absolute atomic E-state index is 0.679. The van der Waals surface area contributed by atoms with E-state index in [1.165, 1.54) is 25.8 Å². The Kier molecular flexibility index (Phi) is 3.13. The van der Waals surface area contributed by atoms with E-state index in [9.17, 15) is 0 Å². The Hall–Kier alpha value is -0.0800. The summed E-state index contributed by atoms with van der Waals surface area (Å²) in [5.74, 6) is 1.74. The van der Waals surface area contributed by atoms with E-state index in [0.29, 0.717) is 6.04 Å². The SMILES string of the molecule is CC1CC(NC2CCNC(C)C2C)C1. The molecule has 1 aliphatic heterocycles. The molecule has 1 aliphatic carbocycles.